The molecule has 2 heteroatoms. The van der Waals surface area contributed by atoms with E-state index in [0.717, 1.165) is 13.1 Å². The number of piperidine rings is 1. The third-order valence-corrected chi connectivity index (χ3v) is 4.90. The van der Waals surface area contributed by atoms with Crippen LogP contribution in [0.5, 0.6) is 0 Å². The van der Waals surface area contributed by atoms with Gasteiger partial charge >= 0.3 is 0 Å². The van der Waals surface area contributed by atoms with Crippen LogP contribution in [-0.2, 0) is 0 Å². The average molecular weight is 274 g/mol. The molecule has 1 saturated heterocycles. The van der Waals surface area contributed by atoms with Crippen LogP contribution >= 0.6 is 0 Å². The zero-order chi connectivity index (χ0) is 14.7. The molecule has 0 aromatic heterocycles. The fourth-order valence-electron chi connectivity index (χ4n) is 3.35. The zero-order valence-electron chi connectivity index (χ0n) is 13.7. The smallest absolute Gasteiger partial charge is 0.0401 e. The van der Waals surface area contributed by atoms with Crippen molar-refractivity contribution in [2.24, 2.45) is 5.92 Å². The van der Waals surface area contributed by atoms with Gasteiger partial charge in [0, 0.05) is 24.3 Å². The van der Waals surface area contributed by atoms with Crippen LogP contribution in [0.1, 0.15) is 44.7 Å². The van der Waals surface area contributed by atoms with E-state index in [1.54, 1.807) is 0 Å². The molecule has 2 nitrogen and oxygen atoms in total. The lowest BCUT2D eigenvalue weighted by molar-refractivity contribution is 0.271. The Morgan fingerprint density at radius 3 is 2.70 bits per heavy atom. The van der Waals surface area contributed by atoms with Crippen LogP contribution < -0.4 is 10.2 Å². The number of anilines is 1. The van der Waals surface area contributed by atoms with E-state index in [1.807, 2.05) is 0 Å². The molecule has 1 heterocycles. The summed E-state index contributed by atoms with van der Waals surface area (Å²) in [5, 5.41) is 3.72. The standard InChI is InChI=1S/C18H30N2/c1-6-10-19-17-9-11-20(16(5)15(17)4)18-12-13(2)7-8-14(18)3/h7-8,12,15-17,19H,6,9-11H2,1-5H3. The summed E-state index contributed by atoms with van der Waals surface area (Å²) < 4.78 is 0. The van der Waals surface area contributed by atoms with Crippen molar-refractivity contribution in [3.05, 3.63) is 29.3 Å². The molecule has 0 aliphatic carbocycles. The van der Waals surface area contributed by atoms with Gasteiger partial charge in [0.05, 0.1) is 0 Å². The monoisotopic (exact) mass is 274 g/mol. The van der Waals surface area contributed by atoms with Crippen molar-refractivity contribution in [1.82, 2.24) is 5.32 Å². The number of rotatable bonds is 4. The summed E-state index contributed by atoms with van der Waals surface area (Å²) in [7, 11) is 0. The number of aryl methyl sites for hydroxylation is 2. The Kier molecular flexibility index (Phi) is 5.09. The lowest BCUT2D eigenvalue weighted by atomic mass is 9.86. The van der Waals surface area contributed by atoms with E-state index in [-0.39, 0.29) is 0 Å². The van der Waals surface area contributed by atoms with Gasteiger partial charge in [0.1, 0.15) is 0 Å². The van der Waals surface area contributed by atoms with Gasteiger partial charge in [-0.15, -0.1) is 0 Å². The van der Waals surface area contributed by atoms with Crippen molar-refractivity contribution in [3.8, 4) is 0 Å². The van der Waals surface area contributed by atoms with Crippen LogP contribution in [-0.4, -0.2) is 25.2 Å². The molecule has 1 aliphatic rings. The van der Waals surface area contributed by atoms with E-state index in [9.17, 15) is 0 Å². The Balaban J connectivity index is 2.13. The summed E-state index contributed by atoms with van der Waals surface area (Å²) >= 11 is 0. The molecule has 1 N–H and O–H groups in total. The second kappa shape index (κ2) is 6.62. The summed E-state index contributed by atoms with van der Waals surface area (Å²) in [5.74, 6) is 0.690. The van der Waals surface area contributed by atoms with E-state index < -0.39 is 0 Å². The van der Waals surface area contributed by atoms with E-state index in [4.69, 9.17) is 0 Å². The van der Waals surface area contributed by atoms with Gasteiger partial charge in [0.25, 0.3) is 0 Å². The van der Waals surface area contributed by atoms with Crippen molar-refractivity contribution < 1.29 is 0 Å². The van der Waals surface area contributed by atoms with Crippen molar-refractivity contribution in [2.45, 2.75) is 59.5 Å². The predicted octanol–water partition coefficient (Wildman–Crippen LogP) is 3.91. The summed E-state index contributed by atoms with van der Waals surface area (Å²) in [6.45, 7) is 13.7. The quantitative estimate of drug-likeness (QED) is 0.895. The molecule has 0 amide bonds. The maximum atomic E-state index is 3.72. The van der Waals surface area contributed by atoms with Crippen LogP contribution in [0.3, 0.4) is 0 Å². The van der Waals surface area contributed by atoms with Crippen molar-refractivity contribution in [2.75, 3.05) is 18.0 Å². The van der Waals surface area contributed by atoms with Crippen LogP contribution in [0.15, 0.2) is 18.2 Å². The van der Waals surface area contributed by atoms with Gasteiger partial charge in [-0.3, -0.25) is 0 Å². The first kappa shape index (κ1) is 15.4. The predicted molar refractivity (Wildman–Crippen MR) is 88.6 cm³/mol. The van der Waals surface area contributed by atoms with Gasteiger partial charge in [0.15, 0.2) is 0 Å². The number of hydrogen-bond acceptors (Lipinski definition) is 2. The molecule has 2 rings (SSSR count). The number of nitrogens with one attached hydrogen (secondary N) is 1. The van der Waals surface area contributed by atoms with Crippen LogP contribution in [0, 0.1) is 19.8 Å². The minimum atomic E-state index is 0.596. The van der Waals surface area contributed by atoms with Gasteiger partial charge in [-0.25, -0.2) is 0 Å². The minimum absolute atomic E-state index is 0.596. The molecule has 0 radical (unpaired) electrons. The van der Waals surface area contributed by atoms with Gasteiger partial charge in [0.2, 0.25) is 0 Å². The molecule has 0 saturated carbocycles. The number of benzene rings is 1. The first-order valence-corrected chi connectivity index (χ1v) is 8.12. The maximum Gasteiger partial charge on any atom is 0.0401 e. The van der Waals surface area contributed by atoms with Gasteiger partial charge in [-0.2, -0.15) is 0 Å². The highest BCUT2D eigenvalue weighted by Crippen LogP contribution is 2.31. The highest BCUT2D eigenvalue weighted by atomic mass is 15.2. The first-order chi connectivity index (χ1) is 9.54. The second-order valence-corrected chi connectivity index (χ2v) is 6.43. The molecule has 112 valence electrons. The lowest BCUT2D eigenvalue weighted by Crippen LogP contribution is -2.53. The lowest BCUT2D eigenvalue weighted by Gasteiger charge is -2.45. The summed E-state index contributed by atoms with van der Waals surface area (Å²) in [6.07, 6.45) is 2.47. The van der Waals surface area contributed by atoms with Gasteiger partial charge in [-0.05, 0) is 63.3 Å². The topological polar surface area (TPSA) is 15.3 Å². The number of hydrogen-bond donors (Lipinski definition) is 1. The Bertz CT molecular complexity index is 441. The maximum absolute atomic E-state index is 3.72. The fraction of sp³-hybridized carbons (Fsp3) is 0.667. The van der Waals surface area contributed by atoms with Crippen molar-refractivity contribution in [3.63, 3.8) is 0 Å². The third-order valence-electron chi connectivity index (χ3n) is 4.90. The highest BCUT2D eigenvalue weighted by molar-refractivity contribution is 5.56. The Hall–Kier alpha value is -1.02. The van der Waals surface area contributed by atoms with E-state index in [0.29, 0.717) is 18.0 Å². The third kappa shape index (κ3) is 3.17. The first-order valence-electron chi connectivity index (χ1n) is 8.12. The molecule has 3 unspecified atom stereocenters. The Morgan fingerprint density at radius 2 is 2.00 bits per heavy atom. The molecule has 0 bridgehead atoms. The van der Waals surface area contributed by atoms with Crippen LogP contribution in [0.4, 0.5) is 5.69 Å². The minimum Gasteiger partial charge on any atom is -0.368 e. The molecule has 0 spiro atoms. The van der Waals surface area contributed by atoms with E-state index >= 15 is 0 Å². The van der Waals surface area contributed by atoms with E-state index in [2.05, 4.69) is 63.0 Å². The summed E-state index contributed by atoms with van der Waals surface area (Å²) in [4.78, 5) is 2.61. The summed E-state index contributed by atoms with van der Waals surface area (Å²) in [5.41, 5.74) is 4.18. The summed E-state index contributed by atoms with van der Waals surface area (Å²) in [6, 6.07) is 8.08. The average Bonchev–Trinajstić information content (AvgIpc) is 2.43. The molecule has 1 aliphatic heterocycles. The second-order valence-electron chi connectivity index (χ2n) is 6.43. The molecular weight excluding hydrogens is 244 g/mol. The zero-order valence-corrected chi connectivity index (χ0v) is 13.7. The Labute approximate surface area is 124 Å². The highest BCUT2D eigenvalue weighted by Gasteiger charge is 2.32. The molecular formula is C18H30N2. The van der Waals surface area contributed by atoms with E-state index in [1.165, 1.54) is 29.7 Å². The van der Waals surface area contributed by atoms with Gasteiger partial charge < -0.3 is 10.2 Å². The number of nitrogens with zero attached hydrogens (tertiary/aromatic N) is 1. The fourth-order valence-corrected chi connectivity index (χ4v) is 3.35. The Morgan fingerprint density at radius 1 is 1.25 bits per heavy atom. The molecule has 3 atom stereocenters. The van der Waals surface area contributed by atoms with Crippen LogP contribution in [0.25, 0.3) is 0 Å². The molecule has 1 aromatic rings. The van der Waals surface area contributed by atoms with Crippen molar-refractivity contribution in [1.29, 1.82) is 0 Å². The van der Waals surface area contributed by atoms with Gasteiger partial charge in [-0.1, -0.05) is 26.0 Å². The SMILES string of the molecule is CCCNC1CCN(c2cc(C)ccc2C)C(C)C1C. The van der Waals surface area contributed by atoms with Crippen molar-refractivity contribution >= 4 is 5.69 Å². The molecule has 1 aromatic carbocycles. The largest absolute Gasteiger partial charge is 0.368 e. The molecule has 1 fully saturated rings. The molecule has 20 heavy (non-hydrogen) atoms. The van der Waals surface area contributed by atoms with Crippen LogP contribution in [0.2, 0.25) is 0 Å². The normalized spacial score (nSPS) is 26.9.